The van der Waals surface area contributed by atoms with E-state index in [0.29, 0.717) is 38.1 Å². The topological polar surface area (TPSA) is 66.3 Å². The number of amides is 1. The Morgan fingerprint density at radius 1 is 1.27 bits per heavy atom. The van der Waals surface area contributed by atoms with Gasteiger partial charge in [0.15, 0.2) is 0 Å². The molecule has 1 aliphatic rings. The van der Waals surface area contributed by atoms with Crippen molar-refractivity contribution in [3.05, 3.63) is 30.6 Å². The zero-order valence-electron chi connectivity index (χ0n) is 12.3. The number of thioether (sulfide) groups is 1. The number of carbonyl (C=O) groups excluding carboxylic acids is 1. The Morgan fingerprint density at radius 3 is 2.91 bits per heavy atom. The highest BCUT2D eigenvalue weighted by Gasteiger charge is 2.20. The standard InChI is InChI=1S/C16H19N3O2S/c20-12-4-9-19(10-5-12)15(21)6-11-22-16-13-2-1-7-17-14(13)3-8-18-16/h1-3,7-8,12,20H,4-6,9-11H2. The molecule has 0 radical (unpaired) electrons. The summed E-state index contributed by atoms with van der Waals surface area (Å²) in [5, 5.41) is 11.4. The van der Waals surface area contributed by atoms with Crippen LogP contribution in [0.1, 0.15) is 19.3 Å². The average Bonchev–Trinajstić information content (AvgIpc) is 2.55. The maximum Gasteiger partial charge on any atom is 0.223 e. The summed E-state index contributed by atoms with van der Waals surface area (Å²) in [6, 6.07) is 5.80. The van der Waals surface area contributed by atoms with E-state index in [1.807, 2.05) is 23.1 Å². The van der Waals surface area contributed by atoms with Crippen molar-refractivity contribution in [3.63, 3.8) is 0 Å². The Kier molecular flexibility index (Phi) is 4.90. The van der Waals surface area contributed by atoms with Gasteiger partial charge in [0.05, 0.1) is 11.6 Å². The van der Waals surface area contributed by atoms with Crippen molar-refractivity contribution in [3.8, 4) is 0 Å². The van der Waals surface area contributed by atoms with Gasteiger partial charge in [0.25, 0.3) is 0 Å². The number of carbonyl (C=O) groups is 1. The minimum Gasteiger partial charge on any atom is -0.393 e. The lowest BCUT2D eigenvalue weighted by Gasteiger charge is -2.29. The molecule has 0 bridgehead atoms. The van der Waals surface area contributed by atoms with Gasteiger partial charge in [-0.15, -0.1) is 11.8 Å². The fourth-order valence-corrected chi connectivity index (χ4v) is 3.53. The van der Waals surface area contributed by atoms with Crippen LogP contribution in [0.3, 0.4) is 0 Å². The van der Waals surface area contributed by atoms with E-state index >= 15 is 0 Å². The number of aliphatic hydroxyl groups excluding tert-OH is 1. The number of aromatic nitrogens is 2. The highest BCUT2D eigenvalue weighted by molar-refractivity contribution is 7.99. The molecular weight excluding hydrogens is 298 g/mol. The average molecular weight is 317 g/mol. The molecule has 1 amide bonds. The summed E-state index contributed by atoms with van der Waals surface area (Å²) in [5.41, 5.74) is 0.927. The van der Waals surface area contributed by atoms with Crippen molar-refractivity contribution in [1.82, 2.24) is 14.9 Å². The van der Waals surface area contributed by atoms with Crippen LogP contribution in [0.15, 0.2) is 35.6 Å². The van der Waals surface area contributed by atoms with E-state index in [-0.39, 0.29) is 12.0 Å². The maximum absolute atomic E-state index is 12.2. The van der Waals surface area contributed by atoms with Crippen molar-refractivity contribution in [2.75, 3.05) is 18.8 Å². The third kappa shape index (κ3) is 3.56. The van der Waals surface area contributed by atoms with E-state index in [9.17, 15) is 9.90 Å². The van der Waals surface area contributed by atoms with Crippen LogP contribution in [0.4, 0.5) is 0 Å². The normalized spacial score (nSPS) is 16.1. The van der Waals surface area contributed by atoms with Crippen LogP contribution < -0.4 is 0 Å². The first-order valence-electron chi connectivity index (χ1n) is 7.52. The highest BCUT2D eigenvalue weighted by Crippen LogP contribution is 2.25. The largest absolute Gasteiger partial charge is 0.393 e. The summed E-state index contributed by atoms with van der Waals surface area (Å²) < 4.78 is 0. The summed E-state index contributed by atoms with van der Waals surface area (Å²) in [4.78, 5) is 22.7. The second-order valence-corrected chi connectivity index (χ2v) is 6.48. The van der Waals surface area contributed by atoms with Crippen molar-refractivity contribution >= 4 is 28.6 Å². The van der Waals surface area contributed by atoms with E-state index in [4.69, 9.17) is 0 Å². The third-order valence-corrected chi connectivity index (χ3v) is 4.87. The minimum atomic E-state index is -0.245. The molecule has 22 heavy (non-hydrogen) atoms. The van der Waals surface area contributed by atoms with Gasteiger partial charge < -0.3 is 10.0 Å². The molecule has 0 spiro atoms. The predicted octanol–water partition coefficient (Wildman–Crippen LogP) is 2.10. The van der Waals surface area contributed by atoms with Gasteiger partial charge in [0.1, 0.15) is 5.03 Å². The molecule has 0 aliphatic carbocycles. The van der Waals surface area contributed by atoms with Gasteiger partial charge in [-0.2, -0.15) is 0 Å². The second kappa shape index (κ2) is 7.07. The van der Waals surface area contributed by atoms with E-state index in [1.165, 1.54) is 0 Å². The first-order chi connectivity index (χ1) is 10.7. The SMILES string of the molecule is O=C(CCSc1nccc2ncccc12)N1CCC(O)CC1. The Labute approximate surface area is 133 Å². The van der Waals surface area contributed by atoms with Gasteiger partial charge in [-0.3, -0.25) is 9.78 Å². The van der Waals surface area contributed by atoms with Gasteiger partial charge in [-0.05, 0) is 31.0 Å². The molecule has 2 aromatic heterocycles. The number of pyridine rings is 2. The lowest BCUT2D eigenvalue weighted by molar-refractivity contribution is -0.132. The van der Waals surface area contributed by atoms with Crippen LogP contribution in [-0.4, -0.2) is 50.8 Å². The highest BCUT2D eigenvalue weighted by atomic mass is 32.2. The monoisotopic (exact) mass is 317 g/mol. The fourth-order valence-electron chi connectivity index (χ4n) is 2.60. The summed E-state index contributed by atoms with van der Waals surface area (Å²) >= 11 is 1.59. The van der Waals surface area contributed by atoms with E-state index < -0.39 is 0 Å². The molecule has 6 heteroatoms. The molecular formula is C16H19N3O2S. The maximum atomic E-state index is 12.2. The first-order valence-corrected chi connectivity index (χ1v) is 8.51. The van der Waals surface area contributed by atoms with Crippen LogP contribution in [0.25, 0.3) is 10.9 Å². The molecule has 3 rings (SSSR count). The Bertz CT molecular complexity index is 651. The van der Waals surface area contributed by atoms with Crippen LogP contribution in [0, 0.1) is 0 Å². The van der Waals surface area contributed by atoms with Gasteiger partial charge in [0.2, 0.25) is 5.91 Å². The smallest absolute Gasteiger partial charge is 0.223 e. The number of rotatable bonds is 4. The molecule has 1 saturated heterocycles. The number of nitrogens with zero attached hydrogens (tertiary/aromatic N) is 3. The summed E-state index contributed by atoms with van der Waals surface area (Å²) in [7, 11) is 0. The van der Waals surface area contributed by atoms with E-state index in [0.717, 1.165) is 15.9 Å². The Hall–Kier alpha value is -1.66. The summed E-state index contributed by atoms with van der Waals surface area (Å²) in [6.45, 7) is 1.34. The lowest BCUT2D eigenvalue weighted by Crippen LogP contribution is -2.40. The summed E-state index contributed by atoms with van der Waals surface area (Å²) in [5.74, 6) is 0.872. The van der Waals surface area contributed by atoms with Gasteiger partial charge in [-0.1, -0.05) is 0 Å². The van der Waals surface area contributed by atoms with Crippen LogP contribution in [-0.2, 0) is 4.79 Å². The fraction of sp³-hybridized carbons (Fsp3) is 0.438. The van der Waals surface area contributed by atoms with Crippen LogP contribution >= 0.6 is 11.8 Å². The Balaban J connectivity index is 1.55. The summed E-state index contributed by atoms with van der Waals surface area (Å²) in [6.07, 6.45) is 5.16. The molecule has 0 saturated carbocycles. The zero-order chi connectivity index (χ0) is 15.4. The van der Waals surface area contributed by atoms with E-state index in [1.54, 1.807) is 24.2 Å². The van der Waals surface area contributed by atoms with E-state index in [2.05, 4.69) is 9.97 Å². The molecule has 0 atom stereocenters. The predicted molar refractivity (Wildman–Crippen MR) is 86.7 cm³/mol. The minimum absolute atomic E-state index is 0.165. The van der Waals surface area contributed by atoms with Crippen LogP contribution in [0.2, 0.25) is 0 Å². The molecule has 0 aromatic carbocycles. The number of likely N-dealkylation sites (tertiary alicyclic amines) is 1. The number of hydrogen-bond donors (Lipinski definition) is 1. The lowest BCUT2D eigenvalue weighted by atomic mass is 10.1. The number of piperidine rings is 1. The molecule has 1 aliphatic heterocycles. The second-order valence-electron chi connectivity index (χ2n) is 5.40. The number of fused-ring (bicyclic) bond motifs is 1. The molecule has 5 nitrogen and oxygen atoms in total. The number of hydrogen-bond acceptors (Lipinski definition) is 5. The molecule has 2 aromatic rings. The first kappa shape index (κ1) is 15.2. The molecule has 1 N–H and O–H groups in total. The van der Waals surface area contributed by atoms with Crippen LogP contribution in [0.5, 0.6) is 0 Å². The quantitative estimate of drug-likeness (QED) is 0.875. The molecule has 1 fully saturated rings. The third-order valence-electron chi connectivity index (χ3n) is 3.87. The Morgan fingerprint density at radius 2 is 2.09 bits per heavy atom. The molecule has 116 valence electrons. The van der Waals surface area contributed by atoms with Gasteiger partial charge in [-0.25, -0.2) is 4.98 Å². The van der Waals surface area contributed by atoms with Crippen molar-refractivity contribution in [2.24, 2.45) is 0 Å². The van der Waals surface area contributed by atoms with Crippen molar-refractivity contribution in [1.29, 1.82) is 0 Å². The zero-order valence-corrected chi connectivity index (χ0v) is 13.1. The van der Waals surface area contributed by atoms with Crippen molar-refractivity contribution < 1.29 is 9.90 Å². The number of aliphatic hydroxyl groups is 1. The van der Waals surface area contributed by atoms with Gasteiger partial charge in [0, 0.05) is 43.0 Å². The molecule has 0 unspecified atom stereocenters. The van der Waals surface area contributed by atoms with Crippen molar-refractivity contribution in [2.45, 2.75) is 30.4 Å². The molecule has 3 heterocycles. The van der Waals surface area contributed by atoms with Gasteiger partial charge >= 0.3 is 0 Å².